The van der Waals surface area contributed by atoms with E-state index in [9.17, 15) is 82.2 Å². The van der Waals surface area contributed by atoms with Crippen LogP contribution in [0.25, 0.3) is 38.4 Å². The van der Waals surface area contributed by atoms with Gasteiger partial charge in [-0.05, 0) is 87.3 Å². The predicted molar refractivity (Wildman–Crippen MR) is 233 cm³/mol. The van der Waals surface area contributed by atoms with E-state index in [2.05, 4.69) is 35.8 Å². The summed E-state index contributed by atoms with van der Waals surface area (Å²) in [5.74, 6) is -6.13. The van der Waals surface area contributed by atoms with Gasteiger partial charge in [0.05, 0.1) is 43.1 Å². The Morgan fingerprint density at radius 2 is 0.975 bits per heavy atom. The second-order valence-corrected chi connectivity index (χ2v) is 20.4. The SMILES string of the molecule is Cc1[n-]n(-c2ccccc2)c(=O)c1N=Nc1ccc(-c2ccc(N=Nc3c(S(=O)(=O)O)cc4c([O-])c(N=Nc5c(S(=O)(=O)[O-])cc6cc(S(=O)(=O)[O-])cc(S(=O)(=O)[O-])c6c5[O-])ccc4c3[O-])c([O-])c2)cc1[O-].[Cu+2].[Cu+2].[Cu+2].[Na+].[Na+].[Na+].[Na+]. The normalized spacial score (nSPS) is 11.7. The van der Waals surface area contributed by atoms with Crippen LogP contribution in [0, 0.1) is 6.92 Å². The molecule has 37 heteroatoms. The standard InChI is InChI=1S/C42H30N8O18S4.3Cu.4Na/c1-19-36(42(56)50(49-19)23-5-3-2-4-6-23)46-43-27-10-7-20(14-30(27)51)21-8-11-28(31(52)15-21)44-47-37-34(72(66,67)68)18-26-25(40(37)54)9-12-29(39(26)53)45-48-38-33(71(63,64)65)16-22-13-24(69(57,58)59)17-32(70(60,61)62)35(22)41(38)55;;;;;;;/h2-18H,1H3,(H10,43,44,45,46,47,48,49,51,52,53,54,55,56,57,58,59,60,61,62,63,64,65,66,67,68);;;;;;;/q;3*+2;4*+1/p-9. The fourth-order valence-electron chi connectivity index (χ4n) is 6.99. The minimum Gasteiger partial charge on any atom is -0.871 e. The molecule has 0 saturated carbocycles. The maximum absolute atomic E-state index is 13.6. The van der Waals surface area contributed by atoms with Gasteiger partial charge in [-0.1, -0.05) is 84.2 Å². The summed E-state index contributed by atoms with van der Waals surface area (Å²) in [4.78, 5) is 6.97. The van der Waals surface area contributed by atoms with Crippen LogP contribution in [0.2, 0.25) is 0 Å². The number of aromatic nitrogens is 2. The number of hydrogen-bond acceptors (Lipinski definition) is 23. The molecule has 1 aromatic heterocycles. The molecule has 0 fully saturated rings. The Morgan fingerprint density at radius 1 is 0.494 bits per heavy atom. The Balaban J connectivity index is 0.00000446. The Morgan fingerprint density at radius 3 is 1.46 bits per heavy atom. The Labute approximate surface area is 566 Å². The van der Waals surface area contributed by atoms with Crippen LogP contribution in [0.4, 0.5) is 34.1 Å². The van der Waals surface area contributed by atoms with Crippen LogP contribution in [0.15, 0.2) is 158 Å². The zero-order chi connectivity index (χ0) is 52.4. The molecule has 0 saturated heterocycles. The maximum Gasteiger partial charge on any atom is 2.00 e. The summed E-state index contributed by atoms with van der Waals surface area (Å²) in [6, 6.07) is 18.3. The first kappa shape index (κ1) is 74.1. The molecule has 397 valence electrons. The van der Waals surface area contributed by atoms with E-state index in [-0.39, 0.29) is 210 Å². The third-order valence-electron chi connectivity index (χ3n) is 10.3. The number of hydrogen-bond donors (Lipinski definition) is 1. The molecule has 7 aromatic carbocycles. The molecule has 0 atom stereocenters. The van der Waals surface area contributed by atoms with Crippen LogP contribution in [0.5, 0.6) is 28.7 Å². The first-order valence-corrected chi connectivity index (χ1v) is 25.1. The number of fused-ring (bicyclic) bond motifs is 2. The van der Waals surface area contributed by atoms with E-state index >= 15 is 0 Å². The van der Waals surface area contributed by atoms with Crippen molar-refractivity contribution in [2.24, 2.45) is 30.7 Å². The summed E-state index contributed by atoms with van der Waals surface area (Å²) >= 11 is 0. The second kappa shape index (κ2) is 28.6. The Bertz CT molecular complexity index is 4300. The first-order chi connectivity index (χ1) is 33.6. The number of para-hydroxylation sites is 1. The molecule has 8 rings (SSSR count). The van der Waals surface area contributed by atoms with Crippen molar-refractivity contribution in [3.05, 3.63) is 119 Å². The third-order valence-corrected chi connectivity index (χ3v) is 13.7. The molecule has 8 aromatic rings. The van der Waals surface area contributed by atoms with Gasteiger partial charge in [0.25, 0.3) is 15.7 Å². The van der Waals surface area contributed by atoms with Crippen molar-refractivity contribution in [3.8, 4) is 45.6 Å². The average Bonchev–Trinajstić information content (AvgIpc) is 3.58. The number of nitrogens with zero attached hydrogens (tertiary/aromatic N) is 8. The van der Waals surface area contributed by atoms with E-state index < -0.39 is 139 Å². The van der Waals surface area contributed by atoms with Crippen LogP contribution < -0.4 is 154 Å². The average molecular weight is 1340 g/mol. The van der Waals surface area contributed by atoms with Crippen molar-refractivity contribution in [2.75, 3.05) is 0 Å². The van der Waals surface area contributed by atoms with Crippen molar-refractivity contribution < 1.29 is 247 Å². The molecule has 26 nitrogen and oxygen atoms in total. The molecule has 0 spiro atoms. The predicted octanol–water partition coefficient (Wildman–Crippen LogP) is -8.34. The van der Waals surface area contributed by atoms with Gasteiger partial charge in [0.15, 0.2) is 0 Å². The van der Waals surface area contributed by atoms with Gasteiger partial charge in [-0.3, -0.25) is 9.35 Å². The van der Waals surface area contributed by atoms with E-state index in [1.165, 1.54) is 25.1 Å². The van der Waals surface area contributed by atoms with Gasteiger partial charge in [0, 0.05) is 5.69 Å². The van der Waals surface area contributed by atoms with Crippen molar-refractivity contribution in [1.29, 1.82) is 0 Å². The fourth-order valence-corrected chi connectivity index (χ4v) is 9.62. The monoisotopic (exact) mass is 1330 g/mol. The molecule has 79 heavy (non-hydrogen) atoms. The molecular formula is C42H21Cu3N8Na4O18S4+. The largest absolute Gasteiger partial charge is 2.00 e. The van der Waals surface area contributed by atoms with E-state index in [0.717, 1.165) is 35.0 Å². The molecule has 1 heterocycles. The van der Waals surface area contributed by atoms with Crippen LogP contribution in [-0.4, -0.2) is 56.6 Å². The molecule has 0 aliphatic rings. The molecule has 1 N–H and O–H groups in total. The quantitative estimate of drug-likeness (QED) is 0.0674. The van der Waals surface area contributed by atoms with E-state index in [4.69, 9.17) is 0 Å². The minimum absolute atomic E-state index is 0. The molecule has 0 unspecified atom stereocenters. The topological polar surface area (TPSA) is 452 Å². The molecule has 3 radical (unpaired) electrons. The molecule has 0 aliphatic carbocycles. The van der Waals surface area contributed by atoms with Crippen molar-refractivity contribution in [3.63, 3.8) is 0 Å². The van der Waals surface area contributed by atoms with Gasteiger partial charge in [-0.2, -0.15) is 23.8 Å². The number of rotatable bonds is 12. The Kier molecular flexibility index (Phi) is 26.8. The summed E-state index contributed by atoms with van der Waals surface area (Å²) in [6.45, 7) is 1.54. The van der Waals surface area contributed by atoms with Gasteiger partial charge >= 0.3 is 169 Å². The zero-order valence-electron chi connectivity index (χ0n) is 40.3. The van der Waals surface area contributed by atoms with Crippen LogP contribution in [-0.2, 0) is 91.7 Å². The van der Waals surface area contributed by atoms with Gasteiger partial charge in [0.2, 0.25) is 0 Å². The van der Waals surface area contributed by atoms with Gasteiger partial charge in [-0.15, -0.1) is 21.0 Å². The third kappa shape index (κ3) is 15.8. The van der Waals surface area contributed by atoms with E-state index in [0.29, 0.717) is 17.8 Å². The number of aryl methyl sites for hydroxylation is 1. The molecule has 0 amide bonds. The second-order valence-electron chi connectivity index (χ2n) is 14.9. The van der Waals surface area contributed by atoms with Crippen LogP contribution in [0.3, 0.4) is 0 Å². The summed E-state index contributed by atoms with van der Waals surface area (Å²) in [5, 5.41) is 89.3. The van der Waals surface area contributed by atoms with Crippen LogP contribution >= 0.6 is 0 Å². The zero-order valence-corrected chi connectivity index (χ0v) is 54.4. The first-order valence-electron chi connectivity index (χ1n) is 19.5. The van der Waals surface area contributed by atoms with Gasteiger partial charge < -0.3 is 49.0 Å². The van der Waals surface area contributed by atoms with E-state index in [1.54, 1.807) is 30.3 Å². The Hall–Kier alpha value is -2.93. The fraction of sp³-hybridized carbons (Fsp3) is 0.0238. The van der Waals surface area contributed by atoms with E-state index in [1.807, 2.05) is 0 Å². The van der Waals surface area contributed by atoms with Crippen molar-refractivity contribution in [2.45, 2.75) is 26.5 Å². The van der Waals surface area contributed by atoms with Crippen LogP contribution in [0.1, 0.15) is 5.69 Å². The summed E-state index contributed by atoms with van der Waals surface area (Å²) in [7, 11) is -22.7. The van der Waals surface area contributed by atoms with Gasteiger partial charge in [-0.25, -0.2) is 25.3 Å². The van der Waals surface area contributed by atoms with Crippen molar-refractivity contribution >= 4 is 96.1 Å². The smallest absolute Gasteiger partial charge is 0.871 e. The summed E-state index contributed by atoms with van der Waals surface area (Å²) in [6.07, 6.45) is 0. The molecule has 0 aliphatic heterocycles. The summed E-state index contributed by atoms with van der Waals surface area (Å²) < 4.78 is 144. The maximum atomic E-state index is 13.6. The molecular weight excluding hydrogens is 1320 g/mol. The summed E-state index contributed by atoms with van der Waals surface area (Å²) in [5.41, 5.74) is -3.75. The minimum atomic E-state index is -5.83. The number of benzene rings is 7. The molecule has 0 bridgehead atoms. The van der Waals surface area contributed by atoms with Crippen molar-refractivity contribution in [1.82, 2.24) is 9.78 Å². The number of azo groups is 3. The van der Waals surface area contributed by atoms with Gasteiger partial charge in [0.1, 0.15) is 40.9 Å².